The minimum atomic E-state index is -0.680. The van der Waals surface area contributed by atoms with E-state index in [1.807, 2.05) is 13.8 Å². The second-order valence-electron chi connectivity index (χ2n) is 4.95. The molecule has 6 heteroatoms. The zero-order valence-corrected chi connectivity index (χ0v) is 13.8. The van der Waals surface area contributed by atoms with Gasteiger partial charge in [0.05, 0.1) is 11.2 Å². The summed E-state index contributed by atoms with van der Waals surface area (Å²) in [6.07, 6.45) is 4.54. The van der Waals surface area contributed by atoms with E-state index >= 15 is 0 Å². The van der Waals surface area contributed by atoms with Crippen LogP contribution in [0.15, 0.2) is 36.8 Å². The quantitative estimate of drug-likeness (QED) is 0.729. The van der Waals surface area contributed by atoms with Crippen LogP contribution in [0.1, 0.15) is 30.8 Å². The molecule has 2 rings (SSSR count). The van der Waals surface area contributed by atoms with Gasteiger partial charge in [0.25, 0.3) is 0 Å². The maximum atomic E-state index is 12.6. The molecular weight excluding hydrogens is 323 g/mol. The van der Waals surface area contributed by atoms with Gasteiger partial charge in [-0.15, -0.1) is 0 Å². The van der Waals surface area contributed by atoms with Crippen molar-refractivity contribution < 1.29 is 9.53 Å². The monoisotopic (exact) mass is 338 g/mol. The molecule has 2 aromatic rings. The van der Waals surface area contributed by atoms with Gasteiger partial charge in [-0.2, -0.15) is 0 Å². The molecule has 1 aromatic carbocycles. The second kappa shape index (κ2) is 7.56. The molecule has 0 amide bonds. The lowest BCUT2D eigenvalue weighted by Crippen LogP contribution is -2.34. The largest absolute Gasteiger partial charge is 0.480 e. The molecule has 0 radical (unpaired) electrons. The van der Waals surface area contributed by atoms with E-state index in [4.69, 9.17) is 27.9 Å². The normalized spacial score (nSPS) is 13.5. The van der Waals surface area contributed by atoms with E-state index in [2.05, 4.69) is 9.97 Å². The van der Waals surface area contributed by atoms with Crippen LogP contribution in [0.2, 0.25) is 10.0 Å². The number of hydrogen-bond acceptors (Lipinski definition) is 4. The van der Waals surface area contributed by atoms with Gasteiger partial charge in [0, 0.05) is 23.3 Å². The van der Waals surface area contributed by atoms with Gasteiger partial charge >= 0.3 is 0 Å². The van der Waals surface area contributed by atoms with Gasteiger partial charge in [-0.3, -0.25) is 9.78 Å². The van der Waals surface area contributed by atoms with Gasteiger partial charge in [0.1, 0.15) is 11.4 Å². The van der Waals surface area contributed by atoms with Crippen molar-refractivity contribution in [1.29, 1.82) is 0 Å². The molecule has 2 unspecified atom stereocenters. The lowest BCUT2D eigenvalue weighted by Gasteiger charge is -2.23. The fourth-order valence-electron chi connectivity index (χ4n) is 1.92. The molecular formula is C16H16Cl2N2O2. The van der Waals surface area contributed by atoms with Crippen molar-refractivity contribution in [2.24, 2.45) is 5.92 Å². The molecule has 0 bridgehead atoms. The Morgan fingerprint density at radius 3 is 2.68 bits per heavy atom. The van der Waals surface area contributed by atoms with E-state index < -0.39 is 6.10 Å². The summed E-state index contributed by atoms with van der Waals surface area (Å²) < 4.78 is 5.86. The van der Waals surface area contributed by atoms with Gasteiger partial charge in [-0.05, 0) is 24.6 Å². The van der Waals surface area contributed by atoms with Crippen LogP contribution >= 0.6 is 23.2 Å². The van der Waals surface area contributed by atoms with Crippen LogP contribution in [-0.4, -0.2) is 21.9 Å². The number of carbonyl (C=O) groups is 1. The Hall–Kier alpha value is -1.65. The molecule has 0 aliphatic carbocycles. The molecule has 0 aliphatic rings. The number of benzene rings is 1. The highest BCUT2D eigenvalue weighted by molar-refractivity contribution is 6.35. The summed E-state index contributed by atoms with van der Waals surface area (Å²) in [5.41, 5.74) is 0.276. The lowest BCUT2D eigenvalue weighted by atomic mass is 9.96. The van der Waals surface area contributed by atoms with Crippen LogP contribution in [0.3, 0.4) is 0 Å². The number of Topliss-reactive ketones (excluding diaryl/α,β-unsaturated/α-hetero) is 1. The lowest BCUT2D eigenvalue weighted by molar-refractivity contribution is 0.0683. The van der Waals surface area contributed by atoms with Gasteiger partial charge in [-0.25, -0.2) is 4.98 Å². The van der Waals surface area contributed by atoms with Crippen molar-refractivity contribution in [3.63, 3.8) is 0 Å². The Bertz CT molecular complexity index is 650. The third-order valence-corrected chi connectivity index (χ3v) is 3.91. The van der Waals surface area contributed by atoms with Crippen LogP contribution in [0.25, 0.3) is 0 Å². The number of carbonyl (C=O) groups excluding carboxylic acids is 1. The number of aromatic nitrogens is 2. The van der Waals surface area contributed by atoms with E-state index in [0.717, 1.165) is 6.42 Å². The highest BCUT2D eigenvalue weighted by Crippen LogP contribution is 2.30. The first kappa shape index (κ1) is 16.7. The molecule has 1 heterocycles. The molecule has 22 heavy (non-hydrogen) atoms. The first-order valence-corrected chi connectivity index (χ1v) is 7.70. The van der Waals surface area contributed by atoms with Gasteiger partial charge in [0.2, 0.25) is 5.78 Å². The maximum Gasteiger partial charge on any atom is 0.223 e. The molecule has 0 saturated carbocycles. The highest BCUT2D eigenvalue weighted by atomic mass is 35.5. The van der Waals surface area contributed by atoms with E-state index in [1.54, 1.807) is 18.2 Å². The fraction of sp³-hybridized carbons (Fsp3) is 0.312. The summed E-state index contributed by atoms with van der Waals surface area (Å²) in [6.45, 7) is 3.94. The van der Waals surface area contributed by atoms with E-state index in [1.165, 1.54) is 18.6 Å². The van der Waals surface area contributed by atoms with E-state index in [9.17, 15) is 4.79 Å². The zero-order chi connectivity index (χ0) is 16.1. The number of hydrogen-bond donors (Lipinski definition) is 0. The SMILES string of the molecule is CCC(C)C(Oc1ccc(Cl)cc1Cl)C(=O)c1cnccn1. The minimum Gasteiger partial charge on any atom is -0.480 e. The van der Waals surface area contributed by atoms with Crippen molar-refractivity contribution in [2.45, 2.75) is 26.4 Å². The Morgan fingerprint density at radius 2 is 2.09 bits per heavy atom. The summed E-state index contributed by atoms with van der Waals surface area (Å²) in [5.74, 6) is 0.211. The van der Waals surface area contributed by atoms with Crippen LogP contribution in [0.4, 0.5) is 0 Å². The summed E-state index contributed by atoms with van der Waals surface area (Å²) >= 11 is 12.0. The van der Waals surface area contributed by atoms with Gasteiger partial charge in [-0.1, -0.05) is 37.0 Å². The molecule has 4 nitrogen and oxygen atoms in total. The summed E-state index contributed by atoms with van der Waals surface area (Å²) in [5, 5.41) is 0.880. The molecule has 1 aromatic heterocycles. The van der Waals surface area contributed by atoms with Crippen molar-refractivity contribution in [2.75, 3.05) is 0 Å². The third-order valence-electron chi connectivity index (χ3n) is 3.38. The number of ether oxygens (including phenoxy) is 1. The average Bonchev–Trinajstić information content (AvgIpc) is 2.53. The van der Waals surface area contributed by atoms with Crippen molar-refractivity contribution in [3.8, 4) is 5.75 Å². The Kier molecular flexibility index (Phi) is 5.75. The minimum absolute atomic E-state index is 0.00116. The topological polar surface area (TPSA) is 52.1 Å². The predicted molar refractivity (Wildman–Crippen MR) is 86.7 cm³/mol. The van der Waals surface area contributed by atoms with Crippen LogP contribution in [0.5, 0.6) is 5.75 Å². The molecule has 2 atom stereocenters. The molecule has 0 spiro atoms. The second-order valence-corrected chi connectivity index (χ2v) is 5.80. The number of halogens is 2. The molecule has 0 saturated heterocycles. The van der Waals surface area contributed by atoms with Gasteiger partial charge in [0.15, 0.2) is 6.10 Å². The fourth-order valence-corrected chi connectivity index (χ4v) is 2.37. The molecule has 116 valence electrons. The number of ketones is 1. The van der Waals surface area contributed by atoms with Crippen molar-refractivity contribution in [3.05, 3.63) is 52.5 Å². The first-order chi connectivity index (χ1) is 10.5. The third kappa shape index (κ3) is 3.96. The Morgan fingerprint density at radius 1 is 1.32 bits per heavy atom. The molecule has 0 N–H and O–H groups in total. The Labute approximate surface area is 139 Å². The van der Waals surface area contributed by atoms with Gasteiger partial charge < -0.3 is 4.74 Å². The van der Waals surface area contributed by atoms with E-state index in [-0.39, 0.29) is 17.4 Å². The highest BCUT2D eigenvalue weighted by Gasteiger charge is 2.29. The predicted octanol–water partition coefficient (Wildman–Crippen LogP) is 4.46. The molecule has 0 fully saturated rings. The van der Waals surface area contributed by atoms with E-state index in [0.29, 0.717) is 15.8 Å². The van der Waals surface area contributed by atoms with Crippen molar-refractivity contribution in [1.82, 2.24) is 9.97 Å². The maximum absolute atomic E-state index is 12.6. The summed E-state index contributed by atoms with van der Waals surface area (Å²) in [4.78, 5) is 20.6. The van der Waals surface area contributed by atoms with Crippen LogP contribution in [0, 0.1) is 5.92 Å². The standard InChI is InChI=1S/C16H16Cl2N2O2/c1-3-10(2)16(15(21)13-9-19-6-7-20-13)22-14-5-4-11(17)8-12(14)18/h4-10,16H,3H2,1-2H3. The number of nitrogens with zero attached hydrogens (tertiary/aromatic N) is 2. The van der Waals surface area contributed by atoms with Crippen LogP contribution in [-0.2, 0) is 0 Å². The average molecular weight is 339 g/mol. The summed E-state index contributed by atoms with van der Waals surface area (Å²) in [6, 6.07) is 4.91. The zero-order valence-electron chi connectivity index (χ0n) is 12.3. The smallest absolute Gasteiger partial charge is 0.223 e. The Balaban J connectivity index is 2.29. The van der Waals surface area contributed by atoms with Crippen LogP contribution < -0.4 is 4.74 Å². The summed E-state index contributed by atoms with van der Waals surface area (Å²) in [7, 11) is 0. The first-order valence-electron chi connectivity index (χ1n) is 6.94. The van der Waals surface area contributed by atoms with Crippen molar-refractivity contribution >= 4 is 29.0 Å². The number of rotatable bonds is 6. The molecule has 0 aliphatic heterocycles.